The van der Waals surface area contributed by atoms with Gasteiger partial charge in [-0.3, -0.25) is 9.78 Å². The number of nitrogens with two attached hydrogens (primary N) is 1. The number of pyridine rings is 1. The fourth-order valence-corrected chi connectivity index (χ4v) is 2.06. The number of para-hydroxylation sites is 1. The van der Waals surface area contributed by atoms with Crippen molar-refractivity contribution in [3.05, 3.63) is 48.3 Å². The number of nitrogens with zero attached hydrogens (tertiary/aromatic N) is 2. The molecule has 0 aliphatic heterocycles. The van der Waals surface area contributed by atoms with Crippen molar-refractivity contribution in [1.82, 2.24) is 4.98 Å². The second-order valence-corrected chi connectivity index (χ2v) is 4.18. The summed E-state index contributed by atoms with van der Waals surface area (Å²) < 4.78 is 5.24. The lowest BCUT2D eigenvalue weighted by Crippen LogP contribution is -2.31. The average Bonchev–Trinajstić information content (AvgIpc) is 2.48. The van der Waals surface area contributed by atoms with Gasteiger partial charge in [0.25, 0.3) is 5.91 Å². The lowest BCUT2D eigenvalue weighted by Gasteiger charge is -2.22. The minimum atomic E-state index is -0.150. The molecule has 0 unspecified atom stereocenters. The topological polar surface area (TPSA) is 68.5 Å². The van der Waals surface area contributed by atoms with Crippen molar-refractivity contribution in [3.8, 4) is 5.75 Å². The fraction of sp³-hybridized carbons (Fsp3) is 0.200. The molecule has 20 heavy (non-hydrogen) atoms. The van der Waals surface area contributed by atoms with Crippen molar-refractivity contribution >= 4 is 17.3 Å². The number of nitrogen functional groups attached to an aromatic ring is 1. The first kappa shape index (κ1) is 13.9. The molecule has 0 spiro atoms. The molecule has 2 rings (SSSR count). The smallest absolute Gasteiger partial charge is 0.262 e. The van der Waals surface area contributed by atoms with E-state index in [-0.39, 0.29) is 5.91 Å². The van der Waals surface area contributed by atoms with Crippen LogP contribution in [0, 0.1) is 0 Å². The summed E-state index contributed by atoms with van der Waals surface area (Å²) in [6, 6.07) is 8.74. The zero-order valence-electron chi connectivity index (χ0n) is 11.5. The molecular weight excluding hydrogens is 254 g/mol. The van der Waals surface area contributed by atoms with Crippen molar-refractivity contribution in [1.29, 1.82) is 0 Å². The predicted molar refractivity (Wildman–Crippen MR) is 79.0 cm³/mol. The largest absolute Gasteiger partial charge is 0.494 e. The molecule has 1 heterocycles. The molecule has 0 saturated carbocycles. The van der Waals surface area contributed by atoms with E-state index in [0.29, 0.717) is 23.5 Å². The molecule has 0 atom stereocenters. The number of hydrogen-bond donors (Lipinski definition) is 1. The summed E-state index contributed by atoms with van der Waals surface area (Å²) in [4.78, 5) is 18.3. The van der Waals surface area contributed by atoms with Gasteiger partial charge < -0.3 is 15.4 Å². The minimum absolute atomic E-state index is 0.150. The maximum Gasteiger partial charge on any atom is 0.262 e. The van der Waals surface area contributed by atoms with Gasteiger partial charge in [0.1, 0.15) is 0 Å². The van der Waals surface area contributed by atoms with Gasteiger partial charge in [0.15, 0.2) is 5.75 Å². The summed E-state index contributed by atoms with van der Waals surface area (Å²) in [6.45, 7) is 2.46. The molecule has 0 saturated heterocycles. The number of ether oxygens (including phenoxy) is 1. The fourth-order valence-electron chi connectivity index (χ4n) is 2.06. The number of benzene rings is 1. The number of hydrogen-bond acceptors (Lipinski definition) is 4. The quantitative estimate of drug-likeness (QED) is 0.867. The summed E-state index contributed by atoms with van der Waals surface area (Å²) in [5, 5.41) is 0. The highest BCUT2D eigenvalue weighted by Gasteiger charge is 2.20. The standard InChI is InChI=1S/C15H17N3O2/c1-3-18(11-7-9-17-10-8-11)15(19)12-5-4-6-13(16)14(12)20-2/h4-10H,3,16H2,1-2H3. The monoisotopic (exact) mass is 271 g/mol. The van der Waals surface area contributed by atoms with Crippen molar-refractivity contribution in [3.63, 3.8) is 0 Å². The normalized spacial score (nSPS) is 10.1. The molecule has 0 aliphatic carbocycles. The summed E-state index contributed by atoms with van der Waals surface area (Å²) in [7, 11) is 1.51. The van der Waals surface area contributed by atoms with Gasteiger partial charge in [-0.2, -0.15) is 0 Å². The van der Waals surface area contributed by atoms with Crippen LogP contribution in [0.15, 0.2) is 42.7 Å². The van der Waals surface area contributed by atoms with E-state index in [1.165, 1.54) is 7.11 Å². The van der Waals surface area contributed by atoms with E-state index < -0.39 is 0 Å². The van der Waals surface area contributed by atoms with E-state index >= 15 is 0 Å². The molecule has 5 nitrogen and oxygen atoms in total. The van der Waals surface area contributed by atoms with Crippen molar-refractivity contribution < 1.29 is 9.53 Å². The van der Waals surface area contributed by atoms with Crippen LogP contribution in [0.2, 0.25) is 0 Å². The third-order valence-electron chi connectivity index (χ3n) is 3.02. The van der Waals surface area contributed by atoms with Crippen LogP contribution in [0.4, 0.5) is 11.4 Å². The molecule has 2 aromatic rings. The number of methoxy groups -OCH3 is 1. The van der Waals surface area contributed by atoms with Crippen LogP contribution in [0.3, 0.4) is 0 Å². The van der Waals surface area contributed by atoms with E-state index in [1.807, 2.05) is 6.92 Å². The second-order valence-electron chi connectivity index (χ2n) is 4.18. The first-order chi connectivity index (χ1) is 9.69. The van der Waals surface area contributed by atoms with Gasteiger partial charge in [0.05, 0.1) is 18.4 Å². The lowest BCUT2D eigenvalue weighted by atomic mass is 10.1. The summed E-state index contributed by atoms with van der Waals surface area (Å²) in [5.74, 6) is 0.257. The highest BCUT2D eigenvalue weighted by atomic mass is 16.5. The lowest BCUT2D eigenvalue weighted by molar-refractivity contribution is 0.0985. The zero-order valence-corrected chi connectivity index (χ0v) is 11.5. The number of aromatic nitrogens is 1. The Morgan fingerprint density at radius 2 is 2.00 bits per heavy atom. The second kappa shape index (κ2) is 6.06. The van der Waals surface area contributed by atoms with Crippen LogP contribution < -0.4 is 15.4 Å². The third kappa shape index (κ3) is 2.56. The van der Waals surface area contributed by atoms with Gasteiger partial charge in [0.2, 0.25) is 0 Å². The predicted octanol–water partition coefficient (Wildman–Crippen LogP) is 2.34. The molecule has 1 aromatic carbocycles. The minimum Gasteiger partial charge on any atom is -0.494 e. The van der Waals surface area contributed by atoms with Crippen LogP contribution in [0.5, 0.6) is 5.75 Å². The molecule has 5 heteroatoms. The van der Waals surface area contributed by atoms with E-state index in [2.05, 4.69) is 4.98 Å². The molecular formula is C15H17N3O2. The Kier molecular flexibility index (Phi) is 4.20. The molecule has 0 aliphatic rings. The molecule has 1 aromatic heterocycles. The van der Waals surface area contributed by atoms with Crippen molar-refractivity contribution in [2.45, 2.75) is 6.92 Å². The van der Waals surface area contributed by atoms with Crippen LogP contribution >= 0.6 is 0 Å². The van der Waals surface area contributed by atoms with E-state index in [1.54, 1.807) is 47.6 Å². The number of carbonyl (C=O) groups excluding carboxylic acids is 1. The summed E-state index contributed by atoms with van der Waals surface area (Å²) >= 11 is 0. The number of amides is 1. The van der Waals surface area contributed by atoms with Crippen LogP contribution in [0.1, 0.15) is 17.3 Å². The van der Waals surface area contributed by atoms with Crippen LogP contribution in [-0.4, -0.2) is 24.5 Å². The first-order valence-corrected chi connectivity index (χ1v) is 6.33. The van der Waals surface area contributed by atoms with Gasteiger partial charge in [0, 0.05) is 24.6 Å². The van der Waals surface area contributed by atoms with E-state index in [9.17, 15) is 4.79 Å². The molecule has 2 N–H and O–H groups in total. The van der Waals surface area contributed by atoms with E-state index in [4.69, 9.17) is 10.5 Å². The SMILES string of the molecule is CCN(C(=O)c1cccc(N)c1OC)c1ccncc1. The molecule has 1 amide bonds. The molecule has 0 bridgehead atoms. The maximum atomic E-state index is 12.7. The Morgan fingerprint density at radius 1 is 1.30 bits per heavy atom. The van der Waals surface area contributed by atoms with Crippen molar-refractivity contribution in [2.75, 3.05) is 24.3 Å². The first-order valence-electron chi connectivity index (χ1n) is 6.33. The van der Waals surface area contributed by atoms with Crippen molar-refractivity contribution in [2.24, 2.45) is 0 Å². The molecule has 0 fully saturated rings. The Morgan fingerprint density at radius 3 is 2.60 bits per heavy atom. The van der Waals surface area contributed by atoms with Crippen LogP contribution in [0.25, 0.3) is 0 Å². The van der Waals surface area contributed by atoms with Gasteiger partial charge in [-0.05, 0) is 31.2 Å². The Labute approximate surface area is 118 Å². The molecule has 0 radical (unpaired) electrons. The van der Waals surface area contributed by atoms with Gasteiger partial charge in [-0.15, -0.1) is 0 Å². The Bertz CT molecular complexity index is 599. The Hall–Kier alpha value is -2.56. The highest BCUT2D eigenvalue weighted by molar-refractivity contribution is 6.08. The average molecular weight is 271 g/mol. The summed E-state index contributed by atoms with van der Waals surface area (Å²) in [5.41, 5.74) is 7.53. The summed E-state index contributed by atoms with van der Waals surface area (Å²) in [6.07, 6.45) is 3.31. The highest BCUT2D eigenvalue weighted by Crippen LogP contribution is 2.28. The van der Waals surface area contributed by atoms with Gasteiger partial charge >= 0.3 is 0 Å². The molecule has 104 valence electrons. The zero-order chi connectivity index (χ0) is 14.5. The number of carbonyl (C=O) groups is 1. The van der Waals surface area contributed by atoms with Crippen LogP contribution in [-0.2, 0) is 0 Å². The maximum absolute atomic E-state index is 12.7. The van der Waals surface area contributed by atoms with Gasteiger partial charge in [-0.25, -0.2) is 0 Å². The number of rotatable bonds is 4. The number of anilines is 2. The van der Waals surface area contributed by atoms with E-state index in [0.717, 1.165) is 5.69 Å². The Balaban J connectivity index is 2.42. The third-order valence-corrected chi connectivity index (χ3v) is 3.02. The van der Waals surface area contributed by atoms with Gasteiger partial charge in [-0.1, -0.05) is 6.07 Å².